The lowest BCUT2D eigenvalue weighted by molar-refractivity contribution is -0.149. The predicted octanol–water partition coefficient (Wildman–Crippen LogP) is 3.81. The number of carbonyl (C=O) groups excluding carboxylic acids is 1. The molecule has 0 aromatic carbocycles. The normalized spacial score (nSPS) is 11.5. The number of Topliss-reactive ketones (excluding diaryl/α,β-unsaturated/α-hetero) is 1. The van der Waals surface area contributed by atoms with E-state index in [-0.39, 0.29) is 12.2 Å². The second kappa shape index (κ2) is 8.26. The van der Waals surface area contributed by atoms with Crippen LogP contribution in [0.4, 0.5) is 0 Å². The third kappa shape index (κ3) is 7.94. The third-order valence-electron chi connectivity index (χ3n) is 3.03. The average Bonchev–Trinajstić information content (AvgIpc) is 2.22. The Hall–Kier alpha value is -0.860. The van der Waals surface area contributed by atoms with Crippen molar-refractivity contribution in [3.8, 4) is 0 Å². The number of hydrogen-bond donors (Lipinski definition) is 1. The van der Waals surface area contributed by atoms with Crippen LogP contribution < -0.4 is 0 Å². The summed E-state index contributed by atoms with van der Waals surface area (Å²) in [6, 6.07) is 0. The fourth-order valence-corrected chi connectivity index (χ4v) is 1.76. The Bertz CT molecular complexity index is 244. The molecule has 0 rings (SSSR count). The summed E-state index contributed by atoms with van der Waals surface area (Å²) < 4.78 is 0. The van der Waals surface area contributed by atoms with Crippen molar-refractivity contribution >= 4 is 11.8 Å². The highest BCUT2D eigenvalue weighted by molar-refractivity contribution is 5.85. The van der Waals surface area contributed by atoms with Gasteiger partial charge in [-0.3, -0.25) is 9.59 Å². The van der Waals surface area contributed by atoms with Crippen LogP contribution in [0.15, 0.2) is 0 Å². The summed E-state index contributed by atoms with van der Waals surface area (Å²) in [7, 11) is 0. The van der Waals surface area contributed by atoms with E-state index in [1.165, 1.54) is 25.7 Å². The summed E-state index contributed by atoms with van der Waals surface area (Å²) in [6.45, 7) is 5.39. The zero-order valence-electron chi connectivity index (χ0n) is 11.4. The van der Waals surface area contributed by atoms with E-state index in [1.807, 2.05) is 0 Å². The van der Waals surface area contributed by atoms with Crippen LogP contribution in [0.25, 0.3) is 0 Å². The molecule has 0 atom stereocenters. The number of carboxylic acids is 1. The predicted molar refractivity (Wildman–Crippen MR) is 69.0 cm³/mol. The first-order valence-corrected chi connectivity index (χ1v) is 6.65. The van der Waals surface area contributed by atoms with E-state index in [0.29, 0.717) is 6.42 Å². The van der Waals surface area contributed by atoms with Gasteiger partial charge < -0.3 is 5.11 Å². The van der Waals surface area contributed by atoms with Crippen LogP contribution in [0.5, 0.6) is 0 Å². The molecule has 100 valence electrons. The average molecular weight is 242 g/mol. The molecule has 0 aromatic rings. The minimum Gasteiger partial charge on any atom is -0.481 e. The van der Waals surface area contributed by atoms with Crippen molar-refractivity contribution < 1.29 is 14.7 Å². The minimum absolute atomic E-state index is 0.0768. The van der Waals surface area contributed by atoms with Gasteiger partial charge in [-0.1, -0.05) is 39.0 Å². The van der Waals surface area contributed by atoms with Crippen LogP contribution in [0.1, 0.15) is 72.1 Å². The van der Waals surface area contributed by atoms with Gasteiger partial charge in [-0.2, -0.15) is 0 Å². The van der Waals surface area contributed by atoms with Crippen LogP contribution in [0, 0.1) is 5.41 Å². The first-order chi connectivity index (χ1) is 7.90. The number of aliphatic carboxylic acids is 1. The summed E-state index contributed by atoms with van der Waals surface area (Å²) >= 11 is 0. The molecule has 0 amide bonds. The monoisotopic (exact) mass is 242 g/mol. The highest BCUT2D eigenvalue weighted by Crippen LogP contribution is 2.22. The van der Waals surface area contributed by atoms with Gasteiger partial charge in [-0.15, -0.1) is 0 Å². The second-order valence-corrected chi connectivity index (χ2v) is 5.42. The first kappa shape index (κ1) is 16.1. The van der Waals surface area contributed by atoms with E-state index in [4.69, 9.17) is 5.11 Å². The molecule has 0 aliphatic rings. The molecule has 0 aliphatic carbocycles. The molecule has 0 bridgehead atoms. The Labute approximate surface area is 105 Å². The van der Waals surface area contributed by atoms with Gasteiger partial charge in [0, 0.05) is 12.8 Å². The second-order valence-electron chi connectivity index (χ2n) is 5.42. The van der Waals surface area contributed by atoms with Gasteiger partial charge in [-0.25, -0.2) is 0 Å². The fourth-order valence-electron chi connectivity index (χ4n) is 1.76. The van der Waals surface area contributed by atoms with Gasteiger partial charge in [0.25, 0.3) is 0 Å². The third-order valence-corrected chi connectivity index (χ3v) is 3.03. The molecule has 0 spiro atoms. The maximum Gasteiger partial charge on any atom is 0.309 e. The number of carbonyl (C=O) groups is 2. The number of rotatable bonds is 10. The summed E-state index contributed by atoms with van der Waals surface area (Å²) in [4.78, 5) is 22.4. The molecule has 0 heterocycles. The van der Waals surface area contributed by atoms with Crippen LogP contribution in [0.2, 0.25) is 0 Å². The van der Waals surface area contributed by atoms with Gasteiger partial charge in [0.05, 0.1) is 5.41 Å². The Morgan fingerprint density at radius 1 is 1.00 bits per heavy atom. The highest BCUT2D eigenvalue weighted by atomic mass is 16.4. The molecule has 0 unspecified atom stereocenters. The highest BCUT2D eigenvalue weighted by Gasteiger charge is 2.29. The van der Waals surface area contributed by atoms with E-state index in [0.717, 1.165) is 12.8 Å². The number of unbranched alkanes of at least 4 members (excludes halogenated alkanes) is 5. The van der Waals surface area contributed by atoms with Gasteiger partial charge in [0.2, 0.25) is 0 Å². The number of hydrogen-bond acceptors (Lipinski definition) is 2. The molecule has 3 nitrogen and oxygen atoms in total. The smallest absolute Gasteiger partial charge is 0.309 e. The summed E-state index contributed by atoms with van der Waals surface area (Å²) in [6.07, 6.45) is 7.58. The standard InChI is InChI=1S/C14H26O3/c1-4-5-6-7-8-9-10-12(15)11-14(2,3)13(16)17/h4-11H2,1-3H3,(H,16,17). The van der Waals surface area contributed by atoms with Crippen LogP contribution in [-0.2, 0) is 9.59 Å². The lowest BCUT2D eigenvalue weighted by Gasteiger charge is -2.17. The van der Waals surface area contributed by atoms with E-state index in [9.17, 15) is 9.59 Å². The maximum absolute atomic E-state index is 11.6. The van der Waals surface area contributed by atoms with Gasteiger partial charge in [0.1, 0.15) is 5.78 Å². The van der Waals surface area contributed by atoms with Crippen LogP contribution >= 0.6 is 0 Å². The van der Waals surface area contributed by atoms with Crippen molar-refractivity contribution in [3.63, 3.8) is 0 Å². The Kier molecular flexibility index (Phi) is 7.85. The van der Waals surface area contributed by atoms with E-state index < -0.39 is 11.4 Å². The largest absolute Gasteiger partial charge is 0.481 e. The molecule has 17 heavy (non-hydrogen) atoms. The molecule has 0 aromatic heterocycles. The molecule has 0 fully saturated rings. The molecule has 0 saturated carbocycles. The zero-order chi connectivity index (χ0) is 13.3. The molecule has 1 N–H and O–H groups in total. The van der Waals surface area contributed by atoms with E-state index in [1.54, 1.807) is 13.8 Å². The minimum atomic E-state index is -0.917. The zero-order valence-corrected chi connectivity index (χ0v) is 11.4. The Morgan fingerprint density at radius 2 is 1.53 bits per heavy atom. The first-order valence-electron chi connectivity index (χ1n) is 6.65. The molecule has 0 radical (unpaired) electrons. The molecule has 3 heteroatoms. The van der Waals surface area contributed by atoms with Gasteiger partial charge in [-0.05, 0) is 20.3 Å². The maximum atomic E-state index is 11.6. The summed E-state index contributed by atoms with van der Waals surface area (Å²) in [5, 5.41) is 8.91. The van der Waals surface area contributed by atoms with Crippen LogP contribution in [-0.4, -0.2) is 16.9 Å². The molecular formula is C14H26O3. The summed E-state index contributed by atoms with van der Waals surface area (Å²) in [5.74, 6) is -0.818. The van der Waals surface area contributed by atoms with Gasteiger partial charge >= 0.3 is 5.97 Å². The van der Waals surface area contributed by atoms with Crippen molar-refractivity contribution in [1.82, 2.24) is 0 Å². The Morgan fingerprint density at radius 3 is 2.06 bits per heavy atom. The van der Waals surface area contributed by atoms with Crippen molar-refractivity contribution in [1.29, 1.82) is 0 Å². The molecular weight excluding hydrogens is 216 g/mol. The lowest BCUT2D eigenvalue weighted by Crippen LogP contribution is -2.26. The van der Waals surface area contributed by atoms with Crippen molar-refractivity contribution in [2.24, 2.45) is 5.41 Å². The molecule has 0 saturated heterocycles. The van der Waals surface area contributed by atoms with Crippen molar-refractivity contribution in [2.75, 3.05) is 0 Å². The van der Waals surface area contributed by atoms with E-state index in [2.05, 4.69) is 6.92 Å². The van der Waals surface area contributed by atoms with Crippen LogP contribution in [0.3, 0.4) is 0 Å². The lowest BCUT2D eigenvalue weighted by atomic mass is 9.86. The topological polar surface area (TPSA) is 54.4 Å². The number of carboxylic acid groups (broad SMARTS) is 1. The van der Waals surface area contributed by atoms with Crippen molar-refractivity contribution in [2.45, 2.75) is 72.1 Å². The van der Waals surface area contributed by atoms with Crippen molar-refractivity contribution in [3.05, 3.63) is 0 Å². The fraction of sp³-hybridized carbons (Fsp3) is 0.857. The Balaban J connectivity index is 3.63. The van der Waals surface area contributed by atoms with E-state index >= 15 is 0 Å². The SMILES string of the molecule is CCCCCCCCC(=O)CC(C)(C)C(=O)O. The quantitative estimate of drug-likeness (QED) is 0.593. The van der Waals surface area contributed by atoms with Gasteiger partial charge in [0.15, 0.2) is 0 Å². The summed E-state index contributed by atoms with van der Waals surface area (Å²) in [5.41, 5.74) is -0.917. The molecule has 0 aliphatic heterocycles. The number of ketones is 1.